The van der Waals surface area contributed by atoms with Gasteiger partial charge in [0, 0.05) is 6.54 Å². The first-order valence-corrected chi connectivity index (χ1v) is 9.49. The lowest BCUT2D eigenvalue weighted by molar-refractivity contribution is 0.0948. The number of hydrogen-bond acceptors (Lipinski definition) is 4. The summed E-state index contributed by atoms with van der Waals surface area (Å²) >= 11 is 0. The molecule has 146 valence electrons. The number of aromatic nitrogens is 3. The topological polar surface area (TPSA) is 69.0 Å². The van der Waals surface area contributed by atoms with E-state index in [0.29, 0.717) is 18.8 Å². The summed E-state index contributed by atoms with van der Waals surface area (Å²) in [7, 11) is 1.64. The summed E-state index contributed by atoms with van der Waals surface area (Å²) in [5.74, 6) is 0.628. The number of carbonyl (C=O) groups is 1. The summed E-state index contributed by atoms with van der Waals surface area (Å²) < 4.78 is 6.92. The summed E-state index contributed by atoms with van der Waals surface area (Å²) in [4.78, 5) is 12.5. The monoisotopic (exact) mass is 378 g/mol. The molecule has 6 heteroatoms. The van der Waals surface area contributed by atoms with E-state index in [0.717, 1.165) is 35.4 Å². The van der Waals surface area contributed by atoms with Crippen LogP contribution in [-0.4, -0.2) is 34.6 Å². The predicted octanol–water partition coefficient (Wildman–Crippen LogP) is 3.18. The maximum atomic E-state index is 12.5. The Balaban J connectivity index is 1.56. The van der Waals surface area contributed by atoms with Crippen LogP contribution in [0.4, 0.5) is 0 Å². The minimum atomic E-state index is -0.196. The van der Waals surface area contributed by atoms with Crippen molar-refractivity contribution in [2.45, 2.75) is 33.2 Å². The second-order valence-electron chi connectivity index (χ2n) is 6.71. The molecule has 6 nitrogen and oxygen atoms in total. The standard InChI is InChI=1S/C22H26N4O2/c1-4-17-5-7-19(8-6-17)15-26-16(2)21(24-25-26)22(27)23-14-13-18-9-11-20(28-3)12-10-18/h5-12H,4,13-15H2,1-3H3,(H,23,27). The van der Waals surface area contributed by atoms with Crippen LogP contribution in [0.1, 0.15) is 39.8 Å². The van der Waals surface area contributed by atoms with E-state index in [2.05, 4.69) is 46.8 Å². The number of rotatable bonds is 8. The third-order valence-corrected chi connectivity index (χ3v) is 4.82. The van der Waals surface area contributed by atoms with Crippen molar-refractivity contribution in [1.82, 2.24) is 20.3 Å². The molecular weight excluding hydrogens is 352 g/mol. The van der Waals surface area contributed by atoms with Crippen molar-refractivity contribution < 1.29 is 9.53 Å². The Morgan fingerprint density at radius 3 is 2.32 bits per heavy atom. The number of nitrogens with one attached hydrogen (secondary N) is 1. The van der Waals surface area contributed by atoms with Gasteiger partial charge in [-0.3, -0.25) is 4.79 Å². The maximum absolute atomic E-state index is 12.5. The Hall–Kier alpha value is -3.15. The molecule has 1 aromatic heterocycles. The van der Waals surface area contributed by atoms with Crippen LogP contribution in [0.2, 0.25) is 0 Å². The fourth-order valence-electron chi connectivity index (χ4n) is 2.97. The largest absolute Gasteiger partial charge is 0.497 e. The average molecular weight is 378 g/mol. The molecule has 0 aliphatic heterocycles. The Labute approximate surface area is 165 Å². The molecule has 0 saturated heterocycles. The van der Waals surface area contributed by atoms with Gasteiger partial charge in [-0.25, -0.2) is 4.68 Å². The van der Waals surface area contributed by atoms with E-state index in [9.17, 15) is 4.79 Å². The minimum Gasteiger partial charge on any atom is -0.497 e. The maximum Gasteiger partial charge on any atom is 0.273 e. The first-order chi connectivity index (χ1) is 13.6. The van der Waals surface area contributed by atoms with Gasteiger partial charge in [-0.05, 0) is 48.6 Å². The first-order valence-electron chi connectivity index (χ1n) is 9.49. The lowest BCUT2D eigenvalue weighted by Crippen LogP contribution is -2.26. The number of carbonyl (C=O) groups excluding carboxylic acids is 1. The summed E-state index contributed by atoms with van der Waals surface area (Å²) in [5, 5.41) is 11.2. The van der Waals surface area contributed by atoms with E-state index in [-0.39, 0.29) is 5.91 Å². The second-order valence-corrected chi connectivity index (χ2v) is 6.71. The molecule has 1 heterocycles. The normalized spacial score (nSPS) is 10.7. The number of nitrogens with zero attached hydrogens (tertiary/aromatic N) is 3. The van der Waals surface area contributed by atoms with Crippen molar-refractivity contribution in [3.63, 3.8) is 0 Å². The average Bonchev–Trinajstić information content (AvgIpc) is 3.09. The lowest BCUT2D eigenvalue weighted by Gasteiger charge is -2.07. The SMILES string of the molecule is CCc1ccc(Cn2nnc(C(=O)NCCc3ccc(OC)cc3)c2C)cc1. The second kappa shape index (κ2) is 9.17. The molecule has 0 aliphatic carbocycles. The van der Waals surface area contributed by atoms with Gasteiger partial charge in [-0.15, -0.1) is 5.10 Å². The molecule has 0 fully saturated rings. The molecular formula is C22H26N4O2. The van der Waals surface area contributed by atoms with Crippen molar-refractivity contribution in [2.24, 2.45) is 0 Å². The molecule has 0 aliphatic rings. The molecule has 0 spiro atoms. The van der Waals surface area contributed by atoms with E-state index in [1.165, 1.54) is 5.56 Å². The van der Waals surface area contributed by atoms with Crippen LogP contribution in [0.15, 0.2) is 48.5 Å². The van der Waals surface area contributed by atoms with Crippen molar-refractivity contribution in [1.29, 1.82) is 0 Å². The van der Waals surface area contributed by atoms with Crippen LogP contribution in [0.5, 0.6) is 5.75 Å². The zero-order valence-electron chi connectivity index (χ0n) is 16.6. The number of benzene rings is 2. The number of ether oxygens (including phenoxy) is 1. The zero-order valence-corrected chi connectivity index (χ0v) is 16.6. The number of amides is 1. The fourth-order valence-corrected chi connectivity index (χ4v) is 2.97. The molecule has 1 amide bonds. The molecule has 0 bridgehead atoms. The van der Waals surface area contributed by atoms with Crippen molar-refractivity contribution >= 4 is 5.91 Å². The third kappa shape index (κ3) is 4.76. The van der Waals surface area contributed by atoms with Gasteiger partial charge in [0.15, 0.2) is 5.69 Å². The Morgan fingerprint density at radius 2 is 1.68 bits per heavy atom. The molecule has 2 aromatic carbocycles. The number of hydrogen-bond donors (Lipinski definition) is 1. The predicted molar refractivity (Wildman–Crippen MR) is 109 cm³/mol. The lowest BCUT2D eigenvalue weighted by atomic mass is 10.1. The highest BCUT2D eigenvalue weighted by molar-refractivity contribution is 5.93. The van der Waals surface area contributed by atoms with Crippen LogP contribution < -0.4 is 10.1 Å². The quantitative estimate of drug-likeness (QED) is 0.654. The summed E-state index contributed by atoms with van der Waals surface area (Å²) in [6.07, 6.45) is 1.76. The molecule has 0 unspecified atom stereocenters. The van der Waals surface area contributed by atoms with Gasteiger partial charge in [0.2, 0.25) is 0 Å². The van der Waals surface area contributed by atoms with Crippen LogP contribution in [0.25, 0.3) is 0 Å². The number of methoxy groups -OCH3 is 1. The molecule has 0 atom stereocenters. The van der Waals surface area contributed by atoms with Gasteiger partial charge in [0.05, 0.1) is 19.3 Å². The van der Waals surface area contributed by atoms with Crippen molar-refractivity contribution in [3.05, 3.63) is 76.6 Å². The van der Waals surface area contributed by atoms with E-state index in [1.54, 1.807) is 11.8 Å². The first kappa shape index (κ1) is 19.6. The molecule has 3 rings (SSSR count). The van der Waals surface area contributed by atoms with Crippen LogP contribution in [0, 0.1) is 6.92 Å². The highest BCUT2D eigenvalue weighted by atomic mass is 16.5. The van der Waals surface area contributed by atoms with Gasteiger partial charge in [0.1, 0.15) is 5.75 Å². The van der Waals surface area contributed by atoms with Crippen molar-refractivity contribution in [2.75, 3.05) is 13.7 Å². The number of aryl methyl sites for hydroxylation is 1. The Kier molecular flexibility index (Phi) is 6.42. The fraction of sp³-hybridized carbons (Fsp3) is 0.318. The van der Waals surface area contributed by atoms with E-state index in [4.69, 9.17) is 4.74 Å². The van der Waals surface area contributed by atoms with Gasteiger partial charge in [0.25, 0.3) is 5.91 Å². The van der Waals surface area contributed by atoms with E-state index < -0.39 is 0 Å². The molecule has 0 saturated carbocycles. The minimum absolute atomic E-state index is 0.196. The van der Waals surface area contributed by atoms with Crippen LogP contribution >= 0.6 is 0 Å². The van der Waals surface area contributed by atoms with Gasteiger partial charge in [-0.1, -0.05) is 48.5 Å². The Morgan fingerprint density at radius 1 is 1.04 bits per heavy atom. The van der Waals surface area contributed by atoms with Crippen molar-refractivity contribution in [3.8, 4) is 5.75 Å². The van der Waals surface area contributed by atoms with Gasteiger partial charge < -0.3 is 10.1 Å². The summed E-state index contributed by atoms with van der Waals surface area (Å²) in [6.45, 7) is 5.15. The molecule has 1 N–H and O–H groups in total. The Bertz CT molecular complexity index is 915. The van der Waals surface area contributed by atoms with Crippen LogP contribution in [-0.2, 0) is 19.4 Å². The summed E-state index contributed by atoms with van der Waals surface area (Å²) in [5.41, 5.74) is 4.71. The zero-order chi connectivity index (χ0) is 19.9. The smallest absolute Gasteiger partial charge is 0.273 e. The van der Waals surface area contributed by atoms with Crippen LogP contribution in [0.3, 0.4) is 0 Å². The van der Waals surface area contributed by atoms with E-state index in [1.807, 2.05) is 31.2 Å². The molecule has 3 aromatic rings. The van der Waals surface area contributed by atoms with Gasteiger partial charge in [-0.2, -0.15) is 0 Å². The molecule has 0 radical (unpaired) electrons. The molecule has 28 heavy (non-hydrogen) atoms. The highest BCUT2D eigenvalue weighted by Crippen LogP contribution is 2.12. The summed E-state index contributed by atoms with van der Waals surface area (Å²) in [6, 6.07) is 16.2. The van der Waals surface area contributed by atoms with E-state index >= 15 is 0 Å². The van der Waals surface area contributed by atoms with Gasteiger partial charge >= 0.3 is 0 Å². The highest BCUT2D eigenvalue weighted by Gasteiger charge is 2.16. The third-order valence-electron chi connectivity index (χ3n) is 4.82.